The van der Waals surface area contributed by atoms with E-state index >= 15 is 0 Å². The lowest BCUT2D eigenvalue weighted by Crippen LogP contribution is -2.12. The maximum absolute atomic E-state index is 11.0. The predicted molar refractivity (Wildman–Crippen MR) is 75.8 cm³/mol. The van der Waals surface area contributed by atoms with Crippen molar-refractivity contribution in [1.82, 2.24) is 0 Å². The molecule has 0 saturated carbocycles. The SMILES string of the molecule is CC(=O)CC(C)C.CCOC(=O)CC(=O)CC(C)C. The van der Waals surface area contributed by atoms with Crippen molar-refractivity contribution in [2.75, 3.05) is 6.61 Å². The van der Waals surface area contributed by atoms with Crippen LogP contribution < -0.4 is 0 Å². The fourth-order valence-corrected chi connectivity index (χ4v) is 1.48. The van der Waals surface area contributed by atoms with Crippen molar-refractivity contribution in [3.63, 3.8) is 0 Å². The summed E-state index contributed by atoms with van der Waals surface area (Å²) >= 11 is 0. The number of rotatable bonds is 7. The van der Waals surface area contributed by atoms with Gasteiger partial charge in [-0.25, -0.2) is 0 Å². The third kappa shape index (κ3) is 19.3. The number of carbonyl (C=O) groups is 3. The summed E-state index contributed by atoms with van der Waals surface area (Å²) in [5.74, 6) is 0.672. The van der Waals surface area contributed by atoms with Crippen molar-refractivity contribution in [2.24, 2.45) is 11.8 Å². The number of ketones is 2. The zero-order chi connectivity index (χ0) is 15.4. The lowest BCUT2D eigenvalue weighted by atomic mass is 10.1. The molecular formula is C15H28O4. The monoisotopic (exact) mass is 272 g/mol. The molecule has 0 unspecified atom stereocenters. The van der Waals surface area contributed by atoms with Crippen LogP contribution in [0.1, 0.15) is 60.8 Å². The van der Waals surface area contributed by atoms with E-state index in [1.165, 1.54) is 0 Å². The van der Waals surface area contributed by atoms with Gasteiger partial charge in [-0.05, 0) is 25.7 Å². The third-order valence-electron chi connectivity index (χ3n) is 1.98. The first-order valence-corrected chi connectivity index (χ1v) is 6.85. The summed E-state index contributed by atoms with van der Waals surface area (Å²) in [6.45, 7) is 11.7. The summed E-state index contributed by atoms with van der Waals surface area (Å²) in [5.41, 5.74) is 0. The average Bonchev–Trinajstić information content (AvgIpc) is 2.13. The first kappa shape index (κ1) is 20.1. The molecule has 0 radical (unpaired) electrons. The molecule has 0 aromatic rings. The number of hydrogen-bond donors (Lipinski definition) is 0. The molecule has 0 bridgehead atoms. The van der Waals surface area contributed by atoms with E-state index in [1.807, 2.05) is 27.7 Å². The minimum atomic E-state index is -0.414. The van der Waals surface area contributed by atoms with Gasteiger partial charge in [0, 0.05) is 12.8 Å². The molecule has 0 aliphatic rings. The molecule has 0 aliphatic heterocycles. The molecule has 0 spiro atoms. The van der Waals surface area contributed by atoms with Crippen LogP contribution in [0.25, 0.3) is 0 Å². The first-order valence-electron chi connectivity index (χ1n) is 6.85. The summed E-state index contributed by atoms with van der Waals surface area (Å²) in [4.78, 5) is 32.1. The zero-order valence-corrected chi connectivity index (χ0v) is 13.1. The number of ether oxygens (including phenoxy) is 1. The first-order chi connectivity index (χ1) is 8.68. The van der Waals surface area contributed by atoms with Gasteiger partial charge in [-0.15, -0.1) is 0 Å². The van der Waals surface area contributed by atoms with Crippen molar-refractivity contribution in [3.8, 4) is 0 Å². The minimum Gasteiger partial charge on any atom is -0.466 e. The molecule has 0 amide bonds. The Hall–Kier alpha value is -1.19. The highest BCUT2D eigenvalue weighted by molar-refractivity contribution is 5.95. The number of esters is 1. The third-order valence-corrected chi connectivity index (χ3v) is 1.98. The number of Topliss-reactive ketones (excluding diaryl/α,β-unsaturated/α-hetero) is 2. The van der Waals surface area contributed by atoms with Crippen molar-refractivity contribution in [3.05, 3.63) is 0 Å². The molecule has 0 aromatic heterocycles. The minimum absolute atomic E-state index is 0.0385. The van der Waals surface area contributed by atoms with Crippen molar-refractivity contribution >= 4 is 17.5 Å². The van der Waals surface area contributed by atoms with E-state index in [9.17, 15) is 14.4 Å². The second-order valence-electron chi connectivity index (χ2n) is 5.42. The van der Waals surface area contributed by atoms with E-state index in [0.29, 0.717) is 24.9 Å². The second-order valence-corrected chi connectivity index (χ2v) is 5.42. The van der Waals surface area contributed by atoms with Gasteiger partial charge in [0.1, 0.15) is 18.0 Å². The van der Waals surface area contributed by atoms with Gasteiger partial charge < -0.3 is 9.53 Å². The maximum Gasteiger partial charge on any atom is 0.313 e. The largest absolute Gasteiger partial charge is 0.466 e. The lowest BCUT2D eigenvalue weighted by Gasteiger charge is -2.03. The Kier molecular flexibility index (Phi) is 12.6. The van der Waals surface area contributed by atoms with Gasteiger partial charge in [0.2, 0.25) is 0 Å². The van der Waals surface area contributed by atoms with E-state index in [0.717, 1.165) is 6.42 Å². The van der Waals surface area contributed by atoms with Crippen molar-refractivity contribution < 1.29 is 19.1 Å². The van der Waals surface area contributed by atoms with Crippen LogP contribution in [0.2, 0.25) is 0 Å². The van der Waals surface area contributed by atoms with Gasteiger partial charge in [0.25, 0.3) is 0 Å². The van der Waals surface area contributed by atoms with Gasteiger partial charge in [0.05, 0.1) is 6.61 Å². The van der Waals surface area contributed by atoms with E-state index in [2.05, 4.69) is 4.74 Å². The van der Waals surface area contributed by atoms with E-state index < -0.39 is 5.97 Å². The number of carbonyl (C=O) groups excluding carboxylic acids is 3. The molecule has 0 atom stereocenters. The molecule has 0 fully saturated rings. The molecule has 19 heavy (non-hydrogen) atoms. The van der Waals surface area contributed by atoms with Gasteiger partial charge in [-0.1, -0.05) is 27.7 Å². The van der Waals surface area contributed by atoms with Crippen LogP contribution in [0.4, 0.5) is 0 Å². The van der Waals surface area contributed by atoms with Gasteiger partial charge >= 0.3 is 5.97 Å². The maximum atomic E-state index is 11.0. The number of hydrogen-bond acceptors (Lipinski definition) is 4. The van der Waals surface area contributed by atoms with E-state index in [-0.39, 0.29) is 18.0 Å². The Labute approximate surface area is 116 Å². The topological polar surface area (TPSA) is 60.4 Å². The summed E-state index contributed by atoms with van der Waals surface area (Å²) in [6.07, 6.45) is 1.10. The average molecular weight is 272 g/mol. The molecular weight excluding hydrogens is 244 g/mol. The Morgan fingerprint density at radius 2 is 1.42 bits per heavy atom. The Morgan fingerprint density at radius 3 is 1.68 bits per heavy atom. The molecule has 112 valence electrons. The molecule has 0 saturated heterocycles. The molecule has 0 N–H and O–H groups in total. The normalized spacial score (nSPS) is 9.89. The highest BCUT2D eigenvalue weighted by Crippen LogP contribution is 2.03. The second kappa shape index (κ2) is 11.9. The highest BCUT2D eigenvalue weighted by atomic mass is 16.5. The summed E-state index contributed by atoms with van der Waals surface area (Å²) in [5, 5.41) is 0. The Bertz CT molecular complexity index is 280. The quantitative estimate of drug-likeness (QED) is 0.527. The van der Waals surface area contributed by atoms with Gasteiger partial charge in [-0.2, -0.15) is 0 Å². The Balaban J connectivity index is 0. The Morgan fingerprint density at radius 1 is 0.947 bits per heavy atom. The van der Waals surface area contributed by atoms with E-state index in [1.54, 1.807) is 13.8 Å². The van der Waals surface area contributed by atoms with Crippen LogP contribution in [0.5, 0.6) is 0 Å². The van der Waals surface area contributed by atoms with Crippen molar-refractivity contribution in [1.29, 1.82) is 0 Å². The van der Waals surface area contributed by atoms with E-state index in [4.69, 9.17) is 0 Å². The highest BCUT2D eigenvalue weighted by Gasteiger charge is 2.11. The molecule has 4 nitrogen and oxygen atoms in total. The summed E-state index contributed by atoms with van der Waals surface area (Å²) < 4.78 is 4.63. The van der Waals surface area contributed by atoms with Crippen molar-refractivity contribution in [2.45, 2.75) is 60.8 Å². The summed E-state index contributed by atoms with van der Waals surface area (Å²) in [6, 6.07) is 0. The van der Waals surface area contributed by atoms with Crippen LogP contribution in [0.3, 0.4) is 0 Å². The van der Waals surface area contributed by atoms with Crippen LogP contribution in [-0.2, 0) is 19.1 Å². The molecule has 0 aromatic carbocycles. The standard InChI is InChI=1S/C9H16O3.C6H12O/c1-4-12-9(11)6-8(10)5-7(2)3;1-5(2)4-6(3)7/h7H,4-6H2,1-3H3;5H,4H2,1-3H3. The van der Waals surface area contributed by atoms with Crippen LogP contribution in [0, 0.1) is 11.8 Å². The fraction of sp³-hybridized carbons (Fsp3) is 0.800. The zero-order valence-electron chi connectivity index (χ0n) is 13.1. The molecule has 0 heterocycles. The smallest absolute Gasteiger partial charge is 0.313 e. The lowest BCUT2D eigenvalue weighted by molar-refractivity contribution is -0.145. The molecule has 0 rings (SSSR count). The van der Waals surface area contributed by atoms with Crippen LogP contribution >= 0.6 is 0 Å². The van der Waals surface area contributed by atoms with Crippen LogP contribution in [0.15, 0.2) is 0 Å². The fourth-order valence-electron chi connectivity index (χ4n) is 1.48. The van der Waals surface area contributed by atoms with Crippen LogP contribution in [-0.4, -0.2) is 24.1 Å². The predicted octanol–water partition coefficient (Wildman–Crippen LogP) is 3.18. The molecule has 4 heteroatoms. The van der Waals surface area contributed by atoms with Gasteiger partial charge in [-0.3, -0.25) is 9.59 Å². The molecule has 0 aliphatic carbocycles. The summed E-state index contributed by atoms with van der Waals surface area (Å²) in [7, 11) is 0. The van der Waals surface area contributed by atoms with Gasteiger partial charge in [0.15, 0.2) is 0 Å².